The van der Waals surface area contributed by atoms with Gasteiger partial charge in [-0.1, -0.05) is 37.1 Å². The van der Waals surface area contributed by atoms with E-state index in [1.165, 1.54) is 46.5 Å². The molecule has 0 saturated heterocycles. The Morgan fingerprint density at radius 1 is 0.712 bits per heavy atom. The molecule has 52 heavy (non-hydrogen) atoms. The molecule has 4 aliphatic rings. The van der Waals surface area contributed by atoms with Crippen molar-refractivity contribution < 1.29 is 19.0 Å². The molecule has 4 aliphatic carbocycles. The van der Waals surface area contributed by atoms with Crippen LogP contribution in [-0.2, 0) is 12.8 Å². The Labute approximate surface area is 305 Å². The predicted molar refractivity (Wildman–Crippen MR) is 203 cm³/mol. The van der Waals surface area contributed by atoms with Crippen LogP contribution in [0.1, 0.15) is 87.7 Å². The summed E-state index contributed by atoms with van der Waals surface area (Å²) in [6, 6.07) is 12.9. The van der Waals surface area contributed by atoms with Crippen LogP contribution in [-0.4, -0.2) is 42.0 Å². The zero-order valence-corrected chi connectivity index (χ0v) is 30.3. The Kier molecular flexibility index (Phi) is 10.1. The first-order chi connectivity index (χ1) is 25.0. The minimum Gasteiger partial charge on any atom is -0.393 e. The molecule has 2 N–H and O–H groups in total. The molecule has 272 valence electrons. The number of fused-ring (bicyclic) bond motifs is 4. The summed E-state index contributed by atoms with van der Waals surface area (Å²) in [5.74, 6) is 0.479. The van der Waals surface area contributed by atoms with Gasteiger partial charge in [0.2, 0.25) is 0 Å². The summed E-state index contributed by atoms with van der Waals surface area (Å²) in [5.41, 5.74) is 9.50. The summed E-state index contributed by atoms with van der Waals surface area (Å²) in [5, 5.41) is 29.6. The number of aromatic nitrogens is 4. The maximum absolute atomic E-state index is 13.2. The molecule has 2 aromatic heterocycles. The second-order valence-electron chi connectivity index (χ2n) is 15.7. The molecule has 2 saturated carbocycles. The van der Waals surface area contributed by atoms with Crippen LogP contribution < -0.4 is 0 Å². The third kappa shape index (κ3) is 6.79. The van der Waals surface area contributed by atoms with Crippen LogP contribution in [0.25, 0.3) is 23.5 Å². The standard InChI is InChI=1S/2C22H25FN2O/c2*1-3-4-20(26)11-16-5-6-17-12-21-15(13-22(16,17)2)14-24-25(21)19-9-7-18(23)8-10-19/h2*3,7-10,12,14,16,20,26H,1,4-6,11,13H2,2H3/t16-,20+,22-;16-,20-,22-/m11/s1. The zero-order chi connectivity index (χ0) is 36.6. The van der Waals surface area contributed by atoms with Crippen molar-refractivity contribution in [3.05, 3.63) is 132 Å². The van der Waals surface area contributed by atoms with Crippen molar-refractivity contribution in [1.82, 2.24) is 19.6 Å². The van der Waals surface area contributed by atoms with Gasteiger partial charge < -0.3 is 10.2 Å². The highest BCUT2D eigenvalue weighted by atomic mass is 19.1. The fourth-order valence-electron chi connectivity index (χ4n) is 9.43. The zero-order valence-electron chi connectivity index (χ0n) is 30.3. The first-order valence-corrected chi connectivity index (χ1v) is 18.7. The van der Waals surface area contributed by atoms with Crippen molar-refractivity contribution in [3.63, 3.8) is 0 Å². The molecule has 0 unspecified atom stereocenters. The minimum absolute atomic E-state index is 0.0891. The third-order valence-corrected chi connectivity index (χ3v) is 12.4. The third-order valence-electron chi connectivity index (χ3n) is 12.4. The topological polar surface area (TPSA) is 76.1 Å². The average molecular weight is 705 g/mol. The van der Waals surface area contributed by atoms with E-state index in [-0.39, 0.29) is 34.7 Å². The van der Waals surface area contributed by atoms with E-state index >= 15 is 0 Å². The van der Waals surface area contributed by atoms with Crippen LogP contribution in [0.5, 0.6) is 0 Å². The maximum Gasteiger partial charge on any atom is 0.123 e. The van der Waals surface area contributed by atoms with Crippen molar-refractivity contribution in [1.29, 1.82) is 0 Å². The fourth-order valence-corrected chi connectivity index (χ4v) is 9.43. The Morgan fingerprint density at radius 2 is 1.10 bits per heavy atom. The molecule has 0 amide bonds. The number of hydrogen-bond donors (Lipinski definition) is 2. The monoisotopic (exact) mass is 704 g/mol. The largest absolute Gasteiger partial charge is 0.393 e. The highest BCUT2D eigenvalue weighted by Crippen LogP contribution is 2.56. The van der Waals surface area contributed by atoms with Gasteiger partial charge in [0, 0.05) is 0 Å². The van der Waals surface area contributed by atoms with Gasteiger partial charge in [0.05, 0.1) is 47.4 Å². The average Bonchev–Trinajstić information content (AvgIpc) is 3.87. The molecule has 8 rings (SSSR count). The number of nitrogens with zero attached hydrogens (tertiary/aromatic N) is 4. The van der Waals surface area contributed by atoms with E-state index in [1.807, 2.05) is 21.8 Å². The van der Waals surface area contributed by atoms with Crippen LogP contribution in [0.4, 0.5) is 8.78 Å². The van der Waals surface area contributed by atoms with Crippen molar-refractivity contribution in [2.24, 2.45) is 22.7 Å². The predicted octanol–water partition coefficient (Wildman–Crippen LogP) is 9.39. The summed E-state index contributed by atoms with van der Waals surface area (Å²) in [7, 11) is 0. The molecule has 2 heterocycles. The quantitative estimate of drug-likeness (QED) is 0.161. The van der Waals surface area contributed by atoms with Gasteiger partial charge in [0.1, 0.15) is 11.6 Å². The smallest absolute Gasteiger partial charge is 0.123 e. The number of hydrogen-bond acceptors (Lipinski definition) is 4. The molecule has 0 bridgehead atoms. The highest BCUT2D eigenvalue weighted by molar-refractivity contribution is 5.63. The van der Waals surface area contributed by atoms with Crippen molar-refractivity contribution >= 4 is 12.2 Å². The fraction of sp³-hybridized carbons (Fsp3) is 0.409. The van der Waals surface area contributed by atoms with Gasteiger partial charge in [0.15, 0.2) is 0 Å². The molecule has 8 heteroatoms. The van der Waals surface area contributed by atoms with Gasteiger partial charge >= 0.3 is 0 Å². The molecule has 0 radical (unpaired) electrons. The van der Waals surface area contributed by atoms with Gasteiger partial charge in [-0.15, -0.1) is 13.2 Å². The first-order valence-electron chi connectivity index (χ1n) is 18.7. The van der Waals surface area contributed by atoms with Crippen LogP contribution in [0.2, 0.25) is 0 Å². The molecular formula is C44H50F2N4O2. The van der Waals surface area contributed by atoms with E-state index in [0.717, 1.165) is 74.1 Å². The lowest BCUT2D eigenvalue weighted by Gasteiger charge is -2.36. The molecular weight excluding hydrogens is 655 g/mol. The normalized spacial score (nSPS) is 25.3. The van der Waals surface area contributed by atoms with Gasteiger partial charge in [-0.2, -0.15) is 10.2 Å². The molecule has 6 nitrogen and oxygen atoms in total. The van der Waals surface area contributed by atoms with E-state index < -0.39 is 0 Å². The van der Waals surface area contributed by atoms with Gasteiger partial charge in [-0.05, 0) is 159 Å². The summed E-state index contributed by atoms with van der Waals surface area (Å²) < 4.78 is 30.3. The Bertz CT molecular complexity index is 1850. The highest BCUT2D eigenvalue weighted by Gasteiger charge is 2.47. The van der Waals surface area contributed by atoms with Gasteiger partial charge in [-0.25, -0.2) is 18.1 Å². The van der Waals surface area contributed by atoms with Crippen molar-refractivity contribution in [2.45, 2.75) is 90.3 Å². The second kappa shape index (κ2) is 14.6. The molecule has 2 fully saturated rings. The lowest BCUT2D eigenvalue weighted by atomic mass is 9.68. The molecule has 4 aromatic rings. The van der Waals surface area contributed by atoms with Crippen LogP contribution in [0.3, 0.4) is 0 Å². The maximum atomic E-state index is 13.2. The lowest BCUT2D eigenvalue weighted by molar-refractivity contribution is 0.114. The van der Waals surface area contributed by atoms with Gasteiger partial charge in [-0.3, -0.25) is 0 Å². The summed E-state index contributed by atoms with van der Waals surface area (Å²) in [6.07, 6.45) is 20.6. The molecule has 6 atom stereocenters. The van der Waals surface area contributed by atoms with E-state index in [4.69, 9.17) is 0 Å². The van der Waals surface area contributed by atoms with Crippen molar-refractivity contribution in [2.75, 3.05) is 0 Å². The van der Waals surface area contributed by atoms with Crippen LogP contribution >= 0.6 is 0 Å². The molecule has 0 aliphatic heterocycles. The number of benzene rings is 2. The summed E-state index contributed by atoms with van der Waals surface area (Å²) >= 11 is 0. The van der Waals surface area contributed by atoms with E-state index in [9.17, 15) is 19.0 Å². The SMILES string of the molecule is C=CC[C@@H](O)C[C@H]1CCC2=Cc3c(cnn3-c3ccc(F)cc3)C[C@@]21C.C=CC[C@H](O)C[C@H]1CCC2=Cc3c(cnn3-c3ccc(F)cc3)C[C@@]21C. The lowest BCUT2D eigenvalue weighted by Crippen LogP contribution is -2.31. The number of aliphatic hydroxyl groups is 2. The second-order valence-corrected chi connectivity index (χ2v) is 15.7. The summed E-state index contributed by atoms with van der Waals surface area (Å²) in [4.78, 5) is 0. The Balaban J connectivity index is 0.000000162. The summed E-state index contributed by atoms with van der Waals surface area (Å²) in [6.45, 7) is 12.1. The van der Waals surface area contributed by atoms with E-state index in [2.05, 4.69) is 49.4 Å². The van der Waals surface area contributed by atoms with Crippen LogP contribution in [0.15, 0.2) is 97.4 Å². The number of rotatable bonds is 10. The van der Waals surface area contributed by atoms with Crippen LogP contribution in [0, 0.1) is 34.3 Å². The number of aliphatic hydroxyl groups excluding tert-OH is 2. The number of allylic oxidation sites excluding steroid dienone is 2. The molecule has 2 aromatic carbocycles. The first kappa shape index (κ1) is 36.0. The Morgan fingerprint density at radius 3 is 1.46 bits per heavy atom. The van der Waals surface area contributed by atoms with E-state index in [1.54, 1.807) is 36.4 Å². The minimum atomic E-state index is -0.308. The van der Waals surface area contributed by atoms with E-state index in [0.29, 0.717) is 24.7 Å². The molecule has 0 spiro atoms. The van der Waals surface area contributed by atoms with Crippen molar-refractivity contribution in [3.8, 4) is 11.4 Å². The van der Waals surface area contributed by atoms with Gasteiger partial charge in [0.25, 0.3) is 0 Å². The Hall–Kier alpha value is -4.40. The number of halogens is 2.